The van der Waals surface area contributed by atoms with E-state index in [1.54, 1.807) is 14.2 Å². The van der Waals surface area contributed by atoms with E-state index < -0.39 is 0 Å². The molecule has 0 aliphatic carbocycles. The zero-order chi connectivity index (χ0) is 20.5. The van der Waals surface area contributed by atoms with Crippen molar-refractivity contribution < 1.29 is 9.47 Å². The maximum atomic E-state index is 5.48. The number of aliphatic imine (C=N–C) groups is 1. The van der Waals surface area contributed by atoms with E-state index in [2.05, 4.69) is 71.9 Å². The summed E-state index contributed by atoms with van der Waals surface area (Å²) < 4.78 is 11.0. The first-order valence-electron chi connectivity index (χ1n) is 10.3. The quantitative estimate of drug-likeness (QED) is 0.357. The molecule has 1 fully saturated rings. The predicted octanol–water partition coefficient (Wildman–Crippen LogP) is 4.30. The molecule has 1 aliphatic rings. The molecule has 172 valence electrons. The maximum Gasteiger partial charge on any atom is 0.174 e. The number of rotatable bonds is 8. The highest BCUT2D eigenvalue weighted by Crippen LogP contribution is 2.36. The standard InChI is InChI=1S/C24H33N3O2.2ClH/c1-27(19-22(28-2)29-3)23(26-18-20-10-6-4-7-11-20)24(14-16-25-17-15-24)21-12-8-5-9-13-21;;/h4-13,22,25H,14-19H2,1-3H3;2*1H. The van der Waals surface area contributed by atoms with Gasteiger partial charge in [-0.25, -0.2) is 0 Å². The molecule has 7 heteroatoms. The van der Waals surface area contributed by atoms with Gasteiger partial charge in [0.2, 0.25) is 0 Å². The van der Waals surface area contributed by atoms with Crippen LogP contribution in [0.5, 0.6) is 0 Å². The molecule has 0 amide bonds. The van der Waals surface area contributed by atoms with Crippen molar-refractivity contribution in [2.45, 2.75) is 31.1 Å². The minimum absolute atomic E-state index is 0. The smallest absolute Gasteiger partial charge is 0.174 e. The molecule has 2 aromatic carbocycles. The topological polar surface area (TPSA) is 46.1 Å². The Morgan fingerprint density at radius 2 is 1.52 bits per heavy atom. The van der Waals surface area contributed by atoms with Gasteiger partial charge in [0, 0.05) is 21.3 Å². The average molecular weight is 468 g/mol. The van der Waals surface area contributed by atoms with E-state index in [4.69, 9.17) is 14.5 Å². The van der Waals surface area contributed by atoms with Crippen molar-refractivity contribution in [1.82, 2.24) is 10.2 Å². The highest BCUT2D eigenvalue weighted by atomic mass is 35.5. The summed E-state index contributed by atoms with van der Waals surface area (Å²) in [5.41, 5.74) is 2.42. The Balaban J connectivity index is 0.00000240. The first-order valence-corrected chi connectivity index (χ1v) is 10.3. The van der Waals surface area contributed by atoms with Crippen molar-refractivity contribution in [3.05, 3.63) is 71.8 Å². The summed E-state index contributed by atoms with van der Waals surface area (Å²) in [6, 6.07) is 21.2. The monoisotopic (exact) mass is 467 g/mol. The molecule has 0 saturated carbocycles. The molecule has 0 bridgehead atoms. The van der Waals surface area contributed by atoms with Crippen LogP contribution in [-0.2, 0) is 21.4 Å². The van der Waals surface area contributed by atoms with Gasteiger partial charge in [-0.1, -0.05) is 60.7 Å². The molecule has 5 nitrogen and oxygen atoms in total. The Hall–Kier alpha value is -1.63. The van der Waals surface area contributed by atoms with Crippen LogP contribution >= 0.6 is 24.8 Å². The fourth-order valence-corrected chi connectivity index (χ4v) is 4.19. The molecule has 1 N–H and O–H groups in total. The third kappa shape index (κ3) is 6.93. The molecule has 0 unspecified atom stereocenters. The maximum absolute atomic E-state index is 5.48. The molecule has 1 heterocycles. The molecule has 0 radical (unpaired) electrons. The number of nitrogens with one attached hydrogen (secondary N) is 1. The normalized spacial score (nSPS) is 15.7. The van der Waals surface area contributed by atoms with Gasteiger partial charge >= 0.3 is 0 Å². The number of hydrogen-bond donors (Lipinski definition) is 1. The second kappa shape index (κ2) is 13.7. The fourth-order valence-electron chi connectivity index (χ4n) is 4.19. The number of amidine groups is 1. The molecule has 0 spiro atoms. The van der Waals surface area contributed by atoms with Crippen LogP contribution in [0.2, 0.25) is 0 Å². The van der Waals surface area contributed by atoms with Gasteiger partial charge in [-0.2, -0.15) is 0 Å². The van der Waals surface area contributed by atoms with Crippen LogP contribution in [0.1, 0.15) is 24.0 Å². The Bertz CT molecular complexity index is 765. The van der Waals surface area contributed by atoms with E-state index in [0.29, 0.717) is 13.1 Å². The summed E-state index contributed by atoms with van der Waals surface area (Å²) in [5, 5.41) is 3.52. The number of nitrogens with zero attached hydrogens (tertiary/aromatic N) is 2. The lowest BCUT2D eigenvalue weighted by Gasteiger charge is -2.43. The highest BCUT2D eigenvalue weighted by Gasteiger charge is 2.41. The van der Waals surface area contributed by atoms with Gasteiger partial charge in [-0.3, -0.25) is 4.99 Å². The molecule has 3 rings (SSSR count). The minimum atomic E-state index is -0.295. The SMILES string of the molecule is COC(CN(C)C(=NCc1ccccc1)C1(c2ccccc2)CCNCC1)OC.Cl.Cl. The summed E-state index contributed by atoms with van der Waals surface area (Å²) in [4.78, 5) is 7.41. The summed E-state index contributed by atoms with van der Waals surface area (Å²) in [6.45, 7) is 3.24. The van der Waals surface area contributed by atoms with Crippen molar-refractivity contribution >= 4 is 30.6 Å². The first kappa shape index (κ1) is 27.4. The van der Waals surface area contributed by atoms with Crippen LogP contribution in [0.3, 0.4) is 0 Å². The third-order valence-electron chi connectivity index (χ3n) is 5.78. The van der Waals surface area contributed by atoms with Crippen molar-refractivity contribution in [2.24, 2.45) is 4.99 Å². The zero-order valence-electron chi connectivity index (χ0n) is 18.6. The van der Waals surface area contributed by atoms with E-state index in [0.717, 1.165) is 31.8 Å². The fraction of sp³-hybridized carbons (Fsp3) is 0.458. The Labute approximate surface area is 199 Å². The lowest BCUT2D eigenvalue weighted by atomic mass is 9.71. The van der Waals surface area contributed by atoms with E-state index in [1.165, 1.54) is 11.1 Å². The van der Waals surface area contributed by atoms with Gasteiger partial charge in [0.25, 0.3) is 0 Å². The molecule has 2 aromatic rings. The van der Waals surface area contributed by atoms with Crippen molar-refractivity contribution in [2.75, 3.05) is 40.9 Å². The second-order valence-electron chi connectivity index (χ2n) is 7.61. The first-order chi connectivity index (χ1) is 14.2. The second-order valence-corrected chi connectivity index (χ2v) is 7.61. The summed E-state index contributed by atoms with van der Waals surface area (Å²) in [7, 11) is 5.46. The lowest BCUT2D eigenvalue weighted by molar-refractivity contribution is -0.108. The van der Waals surface area contributed by atoms with Crippen LogP contribution < -0.4 is 5.32 Å². The number of benzene rings is 2. The van der Waals surface area contributed by atoms with Crippen LogP contribution in [0.4, 0.5) is 0 Å². The van der Waals surface area contributed by atoms with E-state index in [9.17, 15) is 0 Å². The molecule has 31 heavy (non-hydrogen) atoms. The predicted molar refractivity (Wildman–Crippen MR) is 133 cm³/mol. The molecular formula is C24H35Cl2N3O2. The Morgan fingerprint density at radius 3 is 2.06 bits per heavy atom. The molecular weight excluding hydrogens is 433 g/mol. The number of methoxy groups -OCH3 is 2. The summed E-state index contributed by atoms with van der Waals surface area (Å²) in [5.74, 6) is 1.10. The highest BCUT2D eigenvalue weighted by molar-refractivity contribution is 5.93. The molecule has 0 aromatic heterocycles. The molecule has 1 aliphatic heterocycles. The average Bonchev–Trinajstić information content (AvgIpc) is 2.79. The van der Waals surface area contributed by atoms with E-state index in [1.807, 2.05) is 6.07 Å². The van der Waals surface area contributed by atoms with Gasteiger partial charge in [-0.15, -0.1) is 24.8 Å². The number of hydrogen-bond acceptors (Lipinski definition) is 4. The van der Waals surface area contributed by atoms with Crippen LogP contribution in [0, 0.1) is 0 Å². The third-order valence-corrected chi connectivity index (χ3v) is 5.78. The van der Waals surface area contributed by atoms with Crippen LogP contribution in [-0.4, -0.2) is 57.9 Å². The Morgan fingerprint density at radius 1 is 0.968 bits per heavy atom. The van der Waals surface area contributed by atoms with E-state index >= 15 is 0 Å². The number of likely N-dealkylation sites (N-methyl/N-ethyl adjacent to an activating group) is 1. The number of piperidine rings is 1. The van der Waals surface area contributed by atoms with Gasteiger partial charge in [0.05, 0.1) is 18.5 Å². The van der Waals surface area contributed by atoms with Gasteiger partial charge < -0.3 is 19.7 Å². The van der Waals surface area contributed by atoms with Gasteiger partial charge in [-0.05, 0) is 37.1 Å². The zero-order valence-corrected chi connectivity index (χ0v) is 20.3. The van der Waals surface area contributed by atoms with Gasteiger partial charge in [0.1, 0.15) is 5.84 Å². The Kier molecular flexibility index (Phi) is 12.1. The lowest BCUT2D eigenvalue weighted by Crippen LogP contribution is -2.52. The largest absolute Gasteiger partial charge is 0.358 e. The molecule has 1 saturated heterocycles. The number of ether oxygens (including phenoxy) is 2. The van der Waals surface area contributed by atoms with Crippen LogP contribution in [0.25, 0.3) is 0 Å². The van der Waals surface area contributed by atoms with Crippen LogP contribution in [0.15, 0.2) is 65.7 Å². The van der Waals surface area contributed by atoms with Crippen molar-refractivity contribution in [1.29, 1.82) is 0 Å². The van der Waals surface area contributed by atoms with E-state index in [-0.39, 0.29) is 36.5 Å². The van der Waals surface area contributed by atoms with Crippen molar-refractivity contribution in [3.8, 4) is 0 Å². The number of halogens is 2. The van der Waals surface area contributed by atoms with Crippen molar-refractivity contribution in [3.63, 3.8) is 0 Å². The summed E-state index contributed by atoms with van der Waals surface area (Å²) >= 11 is 0. The molecule has 0 atom stereocenters. The minimum Gasteiger partial charge on any atom is -0.358 e. The summed E-state index contributed by atoms with van der Waals surface area (Å²) in [6.07, 6.45) is 1.73. The van der Waals surface area contributed by atoms with Gasteiger partial charge in [0.15, 0.2) is 6.29 Å².